The van der Waals surface area contributed by atoms with E-state index in [0.29, 0.717) is 17.8 Å². The van der Waals surface area contributed by atoms with Crippen LogP contribution in [0.5, 0.6) is 0 Å². The first-order chi connectivity index (χ1) is 10.3. The standard InChI is InChI=1S/C20H38O2Si/c1-18(2,3)23(7,8)22-17-13-14-20(6)15(19(17,4)5)11-9-10-12-16(20)21/h15,17H,9-14H2,1-8H3/t15?,17-,20-/m0/s1. The van der Waals surface area contributed by atoms with E-state index in [1.807, 2.05) is 0 Å². The van der Waals surface area contributed by atoms with Crippen LogP contribution < -0.4 is 0 Å². The van der Waals surface area contributed by atoms with Crippen molar-refractivity contribution in [3.05, 3.63) is 0 Å². The number of hydrogen-bond acceptors (Lipinski definition) is 2. The fraction of sp³-hybridized carbons (Fsp3) is 0.950. The van der Waals surface area contributed by atoms with Gasteiger partial charge >= 0.3 is 0 Å². The zero-order valence-electron chi connectivity index (χ0n) is 16.7. The number of carbonyl (C=O) groups is 1. The van der Waals surface area contributed by atoms with E-state index in [1.54, 1.807) is 0 Å². The van der Waals surface area contributed by atoms with Gasteiger partial charge in [0.25, 0.3) is 0 Å². The summed E-state index contributed by atoms with van der Waals surface area (Å²) >= 11 is 0. The smallest absolute Gasteiger partial charge is 0.192 e. The highest BCUT2D eigenvalue weighted by molar-refractivity contribution is 6.74. The lowest BCUT2D eigenvalue weighted by atomic mass is 9.53. The maximum absolute atomic E-state index is 12.8. The number of hydrogen-bond donors (Lipinski definition) is 0. The molecule has 3 atom stereocenters. The molecule has 23 heavy (non-hydrogen) atoms. The van der Waals surface area contributed by atoms with Gasteiger partial charge in [-0.1, -0.05) is 48.0 Å². The average molecular weight is 339 g/mol. The van der Waals surface area contributed by atoms with Gasteiger partial charge in [0.1, 0.15) is 5.78 Å². The van der Waals surface area contributed by atoms with Gasteiger partial charge < -0.3 is 4.43 Å². The Kier molecular flexibility index (Phi) is 4.99. The fourth-order valence-corrected chi connectivity index (χ4v) is 6.20. The van der Waals surface area contributed by atoms with Gasteiger partial charge in [0.05, 0.1) is 6.10 Å². The number of ketones is 1. The molecule has 2 saturated carbocycles. The third-order valence-corrected chi connectivity index (χ3v) is 11.9. The van der Waals surface area contributed by atoms with Crippen molar-refractivity contribution >= 4 is 14.1 Å². The van der Waals surface area contributed by atoms with Crippen LogP contribution in [0, 0.1) is 16.7 Å². The number of fused-ring (bicyclic) bond motifs is 1. The summed E-state index contributed by atoms with van der Waals surface area (Å²) in [6.45, 7) is 18.6. The van der Waals surface area contributed by atoms with Gasteiger partial charge in [0.15, 0.2) is 8.32 Å². The number of rotatable bonds is 2. The van der Waals surface area contributed by atoms with Gasteiger partial charge in [-0.05, 0) is 55.1 Å². The van der Waals surface area contributed by atoms with E-state index >= 15 is 0 Å². The van der Waals surface area contributed by atoms with Crippen molar-refractivity contribution in [2.75, 3.05) is 0 Å². The van der Waals surface area contributed by atoms with Crippen LogP contribution in [0.25, 0.3) is 0 Å². The van der Waals surface area contributed by atoms with Crippen LogP contribution in [0.15, 0.2) is 0 Å². The Labute approximate surface area is 144 Å². The van der Waals surface area contributed by atoms with Crippen molar-refractivity contribution < 1.29 is 9.22 Å². The van der Waals surface area contributed by atoms with E-state index in [2.05, 4.69) is 54.6 Å². The van der Waals surface area contributed by atoms with E-state index in [9.17, 15) is 4.79 Å². The zero-order valence-corrected chi connectivity index (χ0v) is 17.7. The molecule has 0 aromatic heterocycles. The average Bonchev–Trinajstić information content (AvgIpc) is 2.53. The molecule has 134 valence electrons. The maximum Gasteiger partial charge on any atom is 0.192 e. The van der Waals surface area contributed by atoms with Gasteiger partial charge in [-0.15, -0.1) is 0 Å². The van der Waals surface area contributed by atoms with Crippen LogP contribution in [0.1, 0.15) is 80.1 Å². The molecule has 2 nitrogen and oxygen atoms in total. The molecule has 0 spiro atoms. The highest BCUT2D eigenvalue weighted by Crippen LogP contribution is 2.57. The molecule has 1 unspecified atom stereocenters. The summed E-state index contributed by atoms with van der Waals surface area (Å²) in [6.07, 6.45) is 6.60. The third kappa shape index (κ3) is 3.33. The number of carbonyl (C=O) groups excluding carboxylic acids is 1. The predicted octanol–water partition coefficient (Wildman–Crippen LogP) is 5.96. The summed E-state index contributed by atoms with van der Waals surface area (Å²) in [5, 5.41) is 0.239. The second-order valence-electron chi connectivity index (χ2n) is 10.4. The first-order valence-corrected chi connectivity index (χ1v) is 12.4. The Balaban J connectivity index is 2.29. The fourth-order valence-electron chi connectivity index (χ4n) is 4.71. The van der Waals surface area contributed by atoms with Gasteiger partial charge in [0.2, 0.25) is 0 Å². The highest BCUT2D eigenvalue weighted by Gasteiger charge is 2.56. The lowest BCUT2D eigenvalue weighted by molar-refractivity contribution is -0.145. The Morgan fingerprint density at radius 2 is 1.70 bits per heavy atom. The molecular weight excluding hydrogens is 300 g/mol. The second kappa shape index (κ2) is 5.98. The van der Waals surface area contributed by atoms with E-state index in [1.165, 1.54) is 12.8 Å². The van der Waals surface area contributed by atoms with Gasteiger partial charge in [-0.3, -0.25) is 4.79 Å². The quantitative estimate of drug-likeness (QED) is 0.580. The van der Waals surface area contributed by atoms with Crippen molar-refractivity contribution in [3.63, 3.8) is 0 Å². The van der Waals surface area contributed by atoms with E-state index < -0.39 is 8.32 Å². The van der Waals surface area contributed by atoms with Crippen LogP contribution in [-0.4, -0.2) is 20.2 Å². The highest BCUT2D eigenvalue weighted by atomic mass is 28.4. The topological polar surface area (TPSA) is 26.3 Å². The van der Waals surface area contributed by atoms with Crippen LogP contribution in [-0.2, 0) is 9.22 Å². The van der Waals surface area contributed by atoms with E-state index in [-0.39, 0.29) is 15.9 Å². The molecule has 3 heteroatoms. The van der Waals surface area contributed by atoms with Crippen molar-refractivity contribution in [1.29, 1.82) is 0 Å². The predicted molar refractivity (Wildman–Crippen MR) is 100 cm³/mol. The molecule has 2 fully saturated rings. The summed E-state index contributed by atoms with van der Waals surface area (Å²) < 4.78 is 6.86. The minimum absolute atomic E-state index is 0.0858. The Morgan fingerprint density at radius 3 is 2.26 bits per heavy atom. The van der Waals surface area contributed by atoms with Crippen molar-refractivity contribution in [3.8, 4) is 0 Å². The molecule has 0 N–H and O–H groups in total. The first-order valence-electron chi connectivity index (χ1n) is 9.53. The first kappa shape index (κ1) is 19.2. The van der Waals surface area contributed by atoms with Crippen molar-refractivity contribution in [1.82, 2.24) is 0 Å². The molecule has 2 aliphatic carbocycles. The van der Waals surface area contributed by atoms with Crippen LogP contribution >= 0.6 is 0 Å². The molecular formula is C20H38O2Si. The van der Waals surface area contributed by atoms with Crippen molar-refractivity contribution in [2.45, 2.75) is 104 Å². The molecule has 0 bridgehead atoms. The van der Waals surface area contributed by atoms with Crippen LogP contribution in [0.2, 0.25) is 18.1 Å². The molecule has 0 amide bonds. The minimum atomic E-state index is -1.78. The van der Waals surface area contributed by atoms with Crippen molar-refractivity contribution in [2.24, 2.45) is 16.7 Å². The zero-order chi connectivity index (χ0) is 17.7. The maximum atomic E-state index is 12.8. The molecule has 2 aliphatic rings. The molecule has 0 saturated heterocycles. The third-order valence-electron chi connectivity index (χ3n) is 7.45. The minimum Gasteiger partial charge on any atom is -0.413 e. The molecule has 0 heterocycles. The molecule has 0 aromatic rings. The molecule has 0 radical (unpaired) electrons. The summed E-state index contributed by atoms with van der Waals surface area (Å²) in [7, 11) is -1.78. The van der Waals surface area contributed by atoms with Gasteiger partial charge in [-0.2, -0.15) is 0 Å². The molecule has 2 rings (SSSR count). The van der Waals surface area contributed by atoms with Crippen LogP contribution in [0.3, 0.4) is 0 Å². The lowest BCUT2D eigenvalue weighted by Crippen LogP contribution is -2.56. The number of Topliss-reactive ketones (excluding diaryl/α,β-unsaturated/α-hetero) is 1. The molecule has 0 aliphatic heterocycles. The van der Waals surface area contributed by atoms with E-state index in [0.717, 1.165) is 25.7 Å². The Bertz CT molecular complexity index is 461. The SMILES string of the molecule is CC1(C)C2CCCCC(=O)[C@@]2(C)CC[C@@H]1O[Si](C)(C)C(C)(C)C. The summed E-state index contributed by atoms with van der Waals surface area (Å²) in [6, 6.07) is 0. The lowest BCUT2D eigenvalue weighted by Gasteiger charge is -2.55. The Hall–Kier alpha value is -0.153. The summed E-state index contributed by atoms with van der Waals surface area (Å²) in [5.74, 6) is 0.979. The Morgan fingerprint density at radius 1 is 1.09 bits per heavy atom. The summed E-state index contributed by atoms with van der Waals surface area (Å²) in [4.78, 5) is 12.8. The summed E-state index contributed by atoms with van der Waals surface area (Å²) in [5.41, 5.74) is -0.0319. The van der Waals surface area contributed by atoms with Gasteiger partial charge in [-0.25, -0.2) is 0 Å². The van der Waals surface area contributed by atoms with Gasteiger partial charge in [0, 0.05) is 11.8 Å². The monoisotopic (exact) mass is 338 g/mol. The molecule has 0 aromatic carbocycles. The van der Waals surface area contributed by atoms with Crippen LogP contribution in [0.4, 0.5) is 0 Å². The second-order valence-corrected chi connectivity index (χ2v) is 15.1. The largest absolute Gasteiger partial charge is 0.413 e. The van der Waals surface area contributed by atoms with E-state index in [4.69, 9.17) is 4.43 Å². The normalized spacial score (nSPS) is 35.6.